The Labute approximate surface area is 92.8 Å². The van der Waals surface area contributed by atoms with Crippen LogP contribution in [-0.2, 0) is 0 Å². The van der Waals surface area contributed by atoms with Crippen molar-refractivity contribution in [3.05, 3.63) is 54.1 Å². The zero-order valence-corrected chi connectivity index (χ0v) is 8.60. The Hall–Kier alpha value is -2.29. The van der Waals surface area contributed by atoms with Crippen LogP contribution in [0.5, 0.6) is 0 Å². The topological polar surface area (TPSA) is 63.3 Å². The molecule has 0 saturated heterocycles. The first-order chi connectivity index (χ1) is 7.61. The molecule has 0 fully saturated rings. The maximum Gasteiger partial charge on any atom is 0.336 e. The van der Waals surface area contributed by atoms with Gasteiger partial charge in [-0.3, -0.25) is 0 Å². The molecule has 0 unspecified atom stereocenters. The summed E-state index contributed by atoms with van der Waals surface area (Å²) in [5, 5.41) is 10.6. The Balaban J connectivity index is 2.92. The summed E-state index contributed by atoms with van der Waals surface area (Å²) in [7, 11) is 0. The highest BCUT2D eigenvalue weighted by atomic mass is 16.4. The van der Waals surface area contributed by atoms with Crippen molar-refractivity contribution in [1.82, 2.24) is 0 Å². The fourth-order valence-corrected chi connectivity index (χ4v) is 1.79. The van der Waals surface area contributed by atoms with Crippen LogP contribution in [0.15, 0.2) is 43.0 Å². The van der Waals surface area contributed by atoms with Gasteiger partial charge in [0.2, 0.25) is 0 Å². The van der Waals surface area contributed by atoms with Gasteiger partial charge in [0, 0.05) is 16.6 Å². The van der Waals surface area contributed by atoms with Crippen molar-refractivity contribution >= 4 is 22.4 Å². The number of hydrogen-bond donors (Lipinski definition) is 2. The lowest BCUT2D eigenvalue weighted by Crippen LogP contribution is -2.02. The zero-order chi connectivity index (χ0) is 11.7. The van der Waals surface area contributed by atoms with E-state index in [-0.39, 0.29) is 5.56 Å². The van der Waals surface area contributed by atoms with Crippen LogP contribution >= 0.6 is 0 Å². The highest BCUT2D eigenvalue weighted by molar-refractivity contribution is 6.07. The van der Waals surface area contributed by atoms with Gasteiger partial charge in [-0.05, 0) is 11.5 Å². The third kappa shape index (κ3) is 1.52. The molecule has 3 heteroatoms. The molecule has 0 heterocycles. The molecule has 2 rings (SSSR count). The number of carboxylic acids is 1. The largest absolute Gasteiger partial charge is 0.478 e. The molecule has 0 bridgehead atoms. The minimum atomic E-state index is -0.959. The number of carbonyl (C=O) groups is 1. The van der Waals surface area contributed by atoms with E-state index in [0.29, 0.717) is 16.6 Å². The molecular formula is C13H11NO2. The van der Waals surface area contributed by atoms with Crippen molar-refractivity contribution in [2.45, 2.75) is 0 Å². The molecule has 0 spiro atoms. The molecule has 2 aromatic rings. The summed E-state index contributed by atoms with van der Waals surface area (Å²) < 4.78 is 0. The maximum atomic E-state index is 11.1. The van der Waals surface area contributed by atoms with Crippen molar-refractivity contribution in [3.8, 4) is 0 Å². The van der Waals surface area contributed by atoms with Crippen LogP contribution in [-0.4, -0.2) is 11.1 Å². The third-order valence-corrected chi connectivity index (χ3v) is 2.48. The lowest BCUT2D eigenvalue weighted by atomic mass is 9.98. The standard InChI is InChI=1S/C13H11NO2/c1-8(14)10-6-2-4-9-5-3-7-11(12(9)10)13(15)16/h2-7H,1,14H2,(H,15,16). The number of hydrogen-bond acceptors (Lipinski definition) is 2. The highest BCUT2D eigenvalue weighted by Gasteiger charge is 2.11. The number of aromatic carboxylic acids is 1. The van der Waals surface area contributed by atoms with Gasteiger partial charge in [0.05, 0.1) is 5.56 Å². The molecular weight excluding hydrogens is 202 g/mol. The van der Waals surface area contributed by atoms with Gasteiger partial charge in [0.1, 0.15) is 0 Å². The molecule has 0 aromatic heterocycles. The van der Waals surface area contributed by atoms with Crippen LogP contribution in [0.25, 0.3) is 16.5 Å². The number of fused-ring (bicyclic) bond motifs is 1. The molecule has 0 radical (unpaired) electrons. The van der Waals surface area contributed by atoms with Crippen molar-refractivity contribution in [2.24, 2.45) is 5.73 Å². The summed E-state index contributed by atoms with van der Waals surface area (Å²) in [6.45, 7) is 3.66. The first-order valence-electron chi connectivity index (χ1n) is 4.81. The molecule has 2 aromatic carbocycles. The first kappa shape index (κ1) is 10.2. The average molecular weight is 213 g/mol. The lowest BCUT2D eigenvalue weighted by Gasteiger charge is -2.08. The van der Waals surface area contributed by atoms with Gasteiger partial charge in [0.25, 0.3) is 0 Å². The van der Waals surface area contributed by atoms with Crippen LogP contribution in [0.1, 0.15) is 15.9 Å². The van der Waals surface area contributed by atoms with E-state index in [9.17, 15) is 4.79 Å². The number of carboxylic acid groups (broad SMARTS) is 1. The van der Waals surface area contributed by atoms with Crippen molar-refractivity contribution in [1.29, 1.82) is 0 Å². The van der Waals surface area contributed by atoms with E-state index in [1.165, 1.54) is 0 Å². The molecule has 3 N–H and O–H groups in total. The number of benzene rings is 2. The zero-order valence-electron chi connectivity index (χ0n) is 8.60. The normalized spacial score (nSPS) is 10.2. The molecule has 80 valence electrons. The fraction of sp³-hybridized carbons (Fsp3) is 0. The fourth-order valence-electron chi connectivity index (χ4n) is 1.79. The van der Waals surface area contributed by atoms with Gasteiger partial charge in [-0.1, -0.05) is 36.9 Å². The first-order valence-corrected chi connectivity index (χ1v) is 4.81. The minimum Gasteiger partial charge on any atom is -0.478 e. The van der Waals surface area contributed by atoms with Crippen molar-refractivity contribution in [3.63, 3.8) is 0 Å². The minimum absolute atomic E-state index is 0.250. The Kier molecular flexibility index (Phi) is 2.37. The summed E-state index contributed by atoms with van der Waals surface area (Å²) >= 11 is 0. The van der Waals surface area contributed by atoms with Gasteiger partial charge >= 0.3 is 5.97 Å². The second kappa shape index (κ2) is 3.70. The van der Waals surface area contributed by atoms with Gasteiger partial charge in [-0.2, -0.15) is 0 Å². The SMILES string of the molecule is C=C(N)c1cccc2cccc(C(=O)O)c12. The second-order valence-electron chi connectivity index (χ2n) is 3.54. The molecule has 0 aliphatic heterocycles. The van der Waals surface area contributed by atoms with Crippen LogP contribution in [0, 0.1) is 0 Å². The average Bonchev–Trinajstić information content (AvgIpc) is 2.27. The highest BCUT2D eigenvalue weighted by Crippen LogP contribution is 2.25. The van der Waals surface area contributed by atoms with E-state index in [2.05, 4.69) is 6.58 Å². The van der Waals surface area contributed by atoms with E-state index >= 15 is 0 Å². The van der Waals surface area contributed by atoms with E-state index in [0.717, 1.165) is 5.39 Å². The van der Waals surface area contributed by atoms with Gasteiger partial charge < -0.3 is 10.8 Å². The lowest BCUT2D eigenvalue weighted by molar-refractivity contribution is 0.0699. The van der Waals surface area contributed by atoms with E-state index < -0.39 is 5.97 Å². The summed E-state index contributed by atoms with van der Waals surface area (Å²) in [6.07, 6.45) is 0. The number of nitrogens with two attached hydrogens (primary N) is 1. The molecule has 0 saturated carbocycles. The van der Waals surface area contributed by atoms with Crippen LogP contribution in [0.3, 0.4) is 0 Å². The summed E-state index contributed by atoms with van der Waals surface area (Å²) in [5.74, 6) is -0.959. The predicted molar refractivity (Wildman–Crippen MR) is 64.1 cm³/mol. The van der Waals surface area contributed by atoms with Crippen molar-refractivity contribution in [2.75, 3.05) is 0 Å². The van der Waals surface area contributed by atoms with Gasteiger partial charge in [-0.25, -0.2) is 4.79 Å². The maximum absolute atomic E-state index is 11.1. The van der Waals surface area contributed by atoms with Crippen molar-refractivity contribution < 1.29 is 9.90 Å². The summed E-state index contributed by atoms with van der Waals surface area (Å²) in [4.78, 5) is 11.1. The third-order valence-electron chi connectivity index (χ3n) is 2.48. The Bertz CT molecular complexity index is 539. The summed E-state index contributed by atoms with van der Waals surface area (Å²) in [6, 6.07) is 10.6. The second-order valence-corrected chi connectivity index (χ2v) is 3.54. The smallest absolute Gasteiger partial charge is 0.336 e. The quantitative estimate of drug-likeness (QED) is 0.805. The van der Waals surface area contributed by atoms with E-state index in [4.69, 9.17) is 10.8 Å². The summed E-state index contributed by atoms with van der Waals surface area (Å²) in [5.41, 5.74) is 6.96. The Morgan fingerprint density at radius 3 is 2.19 bits per heavy atom. The molecule has 16 heavy (non-hydrogen) atoms. The van der Waals surface area contributed by atoms with Gasteiger partial charge in [-0.15, -0.1) is 0 Å². The Morgan fingerprint density at radius 2 is 1.69 bits per heavy atom. The number of rotatable bonds is 2. The predicted octanol–water partition coefficient (Wildman–Crippen LogP) is 2.47. The van der Waals surface area contributed by atoms with Crippen LogP contribution < -0.4 is 5.73 Å². The van der Waals surface area contributed by atoms with Gasteiger partial charge in [0.15, 0.2) is 0 Å². The van der Waals surface area contributed by atoms with E-state index in [1.54, 1.807) is 18.2 Å². The Morgan fingerprint density at radius 1 is 1.12 bits per heavy atom. The van der Waals surface area contributed by atoms with E-state index in [1.807, 2.05) is 18.2 Å². The molecule has 0 aliphatic rings. The molecule has 0 aliphatic carbocycles. The molecule has 3 nitrogen and oxygen atoms in total. The van der Waals surface area contributed by atoms with Crippen LogP contribution in [0.2, 0.25) is 0 Å². The van der Waals surface area contributed by atoms with Crippen LogP contribution in [0.4, 0.5) is 0 Å². The monoisotopic (exact) mass is 213 g/mol. The molecule has 0 atom stereocenters. The molecule has 0 amide bonds.